The van der Waals surface area contributed by atoms with Gasteiger partial charge in [-0.15, -0.1) is 0 Å². The predicted octanol–water partition coefficient (Wildman–Crippen LogP) is 1.85. The van der Waals surface area contributed by atoms with Crippen molar-refractivity contribution in [3.8, 4) is 0 Å². The molecule has 24 heavy (non-hydrogen) atoms. The molecule has 0 fully saturated rings. The highest BCUT2D eigenvalue weighted by Crippen LogP contribution is 2.15. The highest BCUT2D eigenvalue weighted by atomic mass is 15.3. The summed E-state index contributed by atoms with van der Waals surface area (Å²) in [4.78, 5) is 8.63. The van der Waals surface area contributed by atoms with Crippen molar-refractivity contribution in [1.29, 1.82) is 0 Å². The van der Waals surface area contributed by atoms with E-state index in [1.807, 2.05) is 36.1 Å². The zero-order chi connectivity index (χ0) is 17.4. The summed E-state index contributed by atoms with van der Waals surface area (Å²) >= 11 is 0. The van der Waals surface area contributed by atoms with E-state index in [0.717, 1.165) is 49.7 Å². The zero-order valence-corrected chi connectivity index (χ0v) is 15.1. The Morgan fingerprint density at radius 1 is 1.21 bits per heavy atom. The summed E-state index contributed by atoms with van der Waals surface area (Å²) < 4.78 is 1.99. The van der Waals surface area contributed by atoms with Crippen molar-refractivity contribution in [3.63, 3.8) is 0 Å². The van der Waals surface area contributed by atoms with Gasteiger partial charge >= 0.3 is 0 Å². The maximum atomic E-state index is 4.61. The van der Waals surface area contributed by atoms with E-state index in [-0.39, 0.29) is 0 Å². The molecule has 0 saturated heterocycles. The number of aromatic nitrogens is 3. The molecule has 130 valence electrons. The van der Waals surface area contributed by atoms with Crippen LogP contribution in [0.4, 0.5) is 0 Å². The molecule has 0 amide bonds. The van der Waals surface area contributed by atoms with Gasteiger partial charge in [0.05, 0.1) is 5.69 Å². The first-order valence-corrected chi connectivity index (χ1v) is 8.57. The summed E-state index contributed by atoms with van der Waals surface area (Å²) in [6.07, 6.45) is 4.61. The van der Waals surface area contributed by atoms with Gasteiger partial charge in [-0.25, -0.2) is 0 Å². The lowest BCUT2D eigenvalue weighted by atomic mass is 10.1. The van der Waals surface area contributed by atoms with Crippen molar-refractivity contribution < 1.29 is 0 Å². The third-order valence-corrected chi connectivity index (χ3v) is 4.08. The first-order chi connectivity index (χ1) is 11.7. The molecule has 6 nitrogen and oxygen atoms in total. The second-order valence-corrected chi connectivity index (χ2v) is 5.63. The van der Waals surface area contributed by atoms with E-state index in [9.17, 15) is 0 Å². The lowest BCUT2D eigenvalue weighted by Crippen LogP contribution is -2.38. The van der Waals surface area contributed by atoms with Crippen LogP contribution in [-0.2, 0) is 32.9 Å². The van der Waals surface area contributed by atoms with Gasteiger partial charge in [0.1, 0.15) is 0 Å². The average molecular weight is 328 g/mol. The van der Waals surface area contributed by atoms with Crippen LogP contribution < -0.4 is 10.6 Å². The summed E-state index contributed by atoms with van der Waals surface area (Å²) in [7, 11) is 3.81. The van der Waals surface area contributed by atoms with Crippen molar-refractivity contribution in [2.75, 3.05) is 13.6 Å². The van der Waals surface area contributed by atoms with Crippen LogP contribution in [0.3, 0.4) is 0 Å². The fourth-order valence-electron chi connectivity index (χ4n) is 2.84. The smallest absolute Gasteiger partial charge is 0.191 e. The molecule has 0 aliphatic rings. The van der Waals surface area contributed by atoms with E-state index < -0.39 is 0 Å². The summed E-state index contributed by atoms with van der Waals surface area (Å²) in [5, 5.41) is 11.4. The molecule has 0 radical (unpaired) electrons. The molecule has 0 bridgehead atoms. The van der Waals surface area contributed by atoms with E-state index in [1.165, 1.54) is 11.3 Å². The molecule has 0 unspecified atom stereocenters. The van der Waals surface area contributed by atoms with Crippen molar-refractivity contribution in [1.82, 2.24) is 25.4 Å². The Balaban J connectivity index is 1.90. The molecule has 2 aromatic heterocycles. The molecule has 2 heterocycles. The molecule has 0 aliphatic carbocycles. The Labute approximate surface area is 144 Å². The Hall–Kier alpha value is -2.37. The number of pyridine rings is 1. The molecular weight excluding hydrogens is 300 g/mol. The number of nitrogens with zero attached hydrogens (tertiary/aromatic N) is 4. The number of aliphatic imine (C=N–C) groups is 1. The second-order valence-electron chi connectivity index (χ2n) is 5.63. The second kappa shape index (κ2) is 9.05. The average Bonchev–Trinajstić information content (AvgIpc) is 2.93. The van der Waals surface area contributed by atoms with Gasteiger partial charge in [0.2, 0.25) is 0 Å². The van der Waals surface area contributed by atoms with E-state index in [1.54, 1.807) is 7.05 Å². The van der Waals surface area contributed by atoms with Gasteiger partial charge in [-0.3, -0.25) is 14.7 Å². The number of nitrogens with one attached hydrogen (secondary N) is 2. The van der Waals surface area contributed by atoms with E-state index in [0.29, 0.717) is 0 Å². The molecule has 0 aliphatic heterocycles. The van der Waals surface area contributed by atoms with Crippen LogP contribution in [0.2, 0.25) is 0 Å². The van der Waals surface area contributed by atoms with Crippen LogP contribution >= 0.6 is 0 Å². The minimum absolute atomic E-state index is 0.740. The van der Waals surface area contributed by atoms with Crippen LogP contribution in [0.1, 0.15) is 36.5 Å². The van der Waals surface area contributed by atoms with Crippen molar-refractivity contribution >= 4 is 5.96 Å². The van der Waals surface area contributed by atoms with Gasteiger partial charge in [0, 0.05) is 56.8 Å². The molecule has 0 aromatic carbocycles. The maximum Gasteiger partial charge on any atom is 0.191 e. The third-order valence-electron chi connectivity index (χ3n) is 4.08. The topological polar surface area (TPSA) is 67.1 Å². The third kappa shape index (κ3) is 4.57. The minimum Gasteiger partial charge on any atom is -0.356 e. The molecule has 2 aromatic rings. The van der Waals surface area contributed by atoms with E-state index in [4.69, 9.17) is 0 Å². The lowest BCUT2D eigenvalue weighted by Gasteiger charge is -2.12. The zero-order valence-electron chi connectivity index (χ0n) is 15.1. The quantitative estimate of drug-likeness (QED) is 0.601. The Morgan fingerprint density at radius 3 is 2.67 bits per heavy atom. The standard InChI is InChI=1S/C18H28N6/c1-5-16-15(17(6-2)24(4)23-16)13-22-18(19-3)21-12-10-14-9-7-8-11-20-14/h7-9,11H,5-6,10,12-13H2,1-4H3,(H2,19,21,22). The maximum absolute atomic E-state index is 4.61. The highest BCUT2D eigenvalue weighted by Gasteiger charge is 2.13. The molecule has 2 N–H and O–H groups in total. The summed E-state index contributed by atoms with van der Waals surface area (Å²) in [5.74, 6) is 0.805. The van der Waals surface area contributed by atoms with Crippen LogP contribution in [0.15, 0.2) is 29.4 Å². The van der Waals surface area contributed by atoms with E-state index in [2.05, 4.69) is 39.6 Å². The molecule has 6 heteroatoms. The number of hydrogen-bond acceptors (Lipinski definition) is 3. The monoisotopic (exact) mass is 328 g/mol. The Kier molecular flexibility index (Phi) is 6.78. The molecule has 0 atom stereocenters. The van der Waals surface area contributed by atoms with Gasteiger partial charge < -0.3 is 10.6 Å². The largest absolute Gasteiger partial charge is 0.356 e. The van der Waals surface area contributed by atoms with Crippen LogP contribution in [0, 0.1) is 0 Å². The summed E-state index contributed by atoms with van der Waals surface area (Å²) in [5.41, 5.74) is 4.80. The van der Waals surface area contributed by atoms with Crippen LogP contribution in [-0.4, -0.2) is 34.3 Å². The van der Waals surface area contributed by atoms with Gasteiger partial charge in [-0.05, 0) is 25.0 Å². The Bertz CT molecular complexity index is 660. The number of guanidine groups is 1. The molecule has 0 spiro atoms. The van der Waals surface area contributed by atoms with Crippen molar-refractivity contribution in [2.24, 2.45) is 12.0 Å². The first kappa shape index (κ1) is 18.0. The van der Waals surface area contributed by atoms with Crippen LogP contribution in [0.25, 0.3) is 0 Å². The summed E-state index contributed by atoms with van der Waals surface area (Å²) in [6, 6.07) is 5.98. The fourth-order valence-corrected chi connectivity index (χ4v) is 2.84. The lowest BCUT2D eigenvalue weighted by molar-refractivity contribution is 0.702. The number of hydrogen-bond donors (Lipinski definition) is 2. The van der Waals surface area contributed by atoms with Crippen molar-refractivity contribution in [3.05, 3.63) is 47.0 Å². The minimum atomic E-state index is 0.740. The molecular formula is C18H28N6. The van der Waals surface area contributed by atoms with Crippen LogP contribution in [0.5, 0.6) is 0 Å². The normalized spacial score (nSPS) is 11.6. The van der Waals surface area contributed by atoms with Gasteiger partial charge in [0.15, 0.2) is 5.96 Å². The van der Waals surface area contributed by atoms with E-state index >= 15 is 0 Å². The number of aryl methyl sites for hydroxylation is 2. The first-order valence-electron chi connectivity index (χ1n) is 8.57. The van der Waals surface area contributed by atoms with Gasteiger partial charge in [0.25, 0.3) is 0 Å². The fraction of sp³-hybridized carbons (Fsp3) is 0.500. The number of rotatable bonds is 7. The SMILES string of the molecule is CCc1nn(C)c(CC)c1CNC(=NC)NCCc1ccccn1. The van der Waals surface area contributed by atoms with Gasteiger partial charge in [-0.2, -0.15) is 5.10 Å². The summed E-state index contributed by atoms with van der Waals surface area (Å²) in [6.45, 7) is 5.85. The van der Waals surface area contributed by atoms with Gasteiger partial charge in [-0.1, -0.05) is 19.9 Å². The highest BCUT2D eigenvalue weighted by molar-refractivity contribution is 5.79. The molecule has 2 rings (SSSR count). The molecule has 0 saturated carbocycles. The van der Waals surface area contributed by atoms with Crippen molar-refractivity contribution in [2.45, 2.75) is 39.7 Å². The predicted molar refractivity (Wildman–Crippen MR) is 98.1 cm³/mol. The Morgan fingerprint density at radius 2 is 2.04 bits per heavy atom.